The van der Waals surface area contributed by atoms with Crippen molar-refractivity contribution in [2.45, 2.75) is 31.5 Å². The highest BCUT2D eigenvalue weighted by molar-refractivity contribution is 5.71. The molecule has 0 aliphatic carbocycles. The topological polar surface area (TPSA) is 94.5 Å². The first kappa shape index (κ1) is 21.8. The largest absolute Gasteiger partial charge is 0.497 e. The van der Waals surface area contributed by atoms with Crippen LogP contribution in [-0.4, -0.2) is 55.3 Å². The minimum Gasteiger partial charge on any atom is -0.497 e. The highest BCUT2D eigenvalue weighted by atomic mass is 16.7. The van der Waals surface area contributed by atoms with Crippen molar-refractivity contribution in [1.29, 1.82) is 0 Å². The number of carbonyl (C=O) groups is 1. The fourth-order valence-corrected chi connectivity index (χ4v) is 3.24. The molecule has 7 nitrogen and oxygen atoms in total. The van der Waals surface area contributed by atoms with Gasteiger partial charge in [-0.25, -0.2) is 0 Å². The molecule has 2 aromatic rings. The molecule has 5 atom stereocenters. The van der Waals surface area contributed by atoms with E-state index in [2.05, 4.69) is 0 Å². The quantitative estimate of drug-likeness (QED) is 0.531. The molecule has 0 saturated carbocycles. The van der Waals surface area contributed by atoms with Crippen molar-refractivity contribution in [1.82, 2.24) is 0 Å². The standard InChI is InChI=1S/C23H26O7/c1-14-21(25)20(13-24)22(26)23(29-14)30-17-8-6-15(7-9-17)4-5-16-10-18(27-2)12-19(11-16)28-3/h4-14,20-23,25-26H,1-3H3/b5-4+/t14-,20+,21-,22-,23?/m1/s1. The van der Waals surface area contributed by atoms with Crippen LogP contribution >= 0.6 is 0 Å². The summed E-state index contributed by atoms with van der Waals surface area (Å²) < 4.78 is 21.8. The van der Waals surface area contributed by atoms with Crippen molar-refractivity contribution < 1.29 is 34.0 Å². The van der Waals surface area contributed by atoms with Gasteiger partial charge >= 0.3 is 0 Å². The Kier molecular flexibility index (Phi) is 7.10. The number of ether oxygens (including phenoxy) is 4. The van der Waals surface area contributed by atoms with Crippen molar-refractivity contribution >= 4 is 18.4 Å². The number of methoxy groups -OCH3 is 2. The van der Waals surface area contributed by atoms with Gasteiger partial charge in [-0.3, -0.25) is 0 Å². The molecule has 160 valence electrons. The van der Waals surface area contributed by atoms with Gasteiger partial charge in [-0.15, -0.1) is 0 Å². The van der Waals surface area contributed by atoms with Crippen LogP contribution in [0.25, 0.3) is 12.2 Å². The number of carbonyl (C=O) groups excluding carboxylic acids is 1. The molecule has 1 fully saturated rings. The van der Waals surface area contributed by atoms with Crippen LogP contribution in [0.15, 0.2) is 42.5 Å². The number of rotatable bonds is 7. The normalized spacial score (nSPS) is 26.4. The van der Waals surface area contributed by atoms with Crippen LogP contribution in [-0.2, 0) is 9.53 Å². The summed E-state index contributed by atoms with van der Waals surface area (Å²) in [5, 5.41) is 20.2. The maximum atomic E-state index is 11.2. The summed E-state index contributed by atoms with van der Waals surface area (Å²) in [5.74, 6) is 0.932. The van der Waals surface area contributed by atoms with Gasteiger partial charge in [0.1, 0.15) is 29.6 Å². The molecule has 2 N–H and O–H groups in total. The monoisotopic (exact) mass is 414 g/mol. The Labute approximate surface area is 175 Å². The van der Waals surface area contributed by atoms with E-state index in [9.17, 15) is 15.0 Å². The summed E-state index contributed by atoms with van der Waals surface area (Å²) in [6.45, 7) is 1.63. The van der Waals surface area contributed by atoms with E-state index in [1.54, 1.807) is 39.3 Å². The Bertz CT molecular complexity index is 855. The van der Waals surface area contributed by atoms with E-state index < -0.39 is 30.5 Å². The Morgan fingerprint density at radius 2 is 1.47 bits per heavy atom. The Hall–Kier alpha value is -2.87. The zero-order chi connectivity index (χ0) is 21.7. The van der Waals surface area contributed by atoms with Gasteiger partial charge in [0.15, 0.2) is 0 Å². The summed E-state index contributed by atoms with van der Waals surface area (Å²) in [6, 6.07) is 12.8. The van der Waals surface area contributed by atoms with Gasteiger partial charge in [0.05, 0.1) is 32.3 Å². The van der Waals surface area contributed by atoms with Gasteiger partial charge in [-0.05, 0) is 42.3 Å². The van der Waals surface area contributed by atoms with Gasteiger partial charge in [0.25, 0.3) is 0 Å². The molecular weight excluding hydrogens is 388 g/mol. The lowest BCUT2D eigenvalue weighted by atomic mass is 9.91. The predicted molar refractivity (Wildman–Crippen MR) is 111 cm³/mol. The summed E-state index contributed by atoms with van der Waals surface area (Å²) in [6.07, 6.45) is 0.417. The lowest BCUT2D eigenvalue weighted by molar-refractivity contribution is -0.247. The van der Waals surface area contributed by atoms with E-state index in [1.807, 2.05) is 36.4 Å². The first-order valence-electron chi connectivity index (χ1n) is 9.60. The van der Waals surface area contributed by atoms with Crippen molar-refractivity contribution in [2.24, 2.45) is 5.92 Å². The van der Waals surface area contributed by atoms with E-state index in [4.69, 9.17) is 18.9 Å². The predicted octanol–water partition coefficient (Wildman–Crippen LogP) is 2.53. The molecule has 1 unspecified atom stereocenters. The number of benzene rings is 2. The second-order valence-electron chi connectivity index (χ2n) is 7.07. The van der Waals surface area contributed by atoms with Gasteiger partial charge in [-0.1, -0.05) is 24.3 Å². The first-order chi connectivity index (χ1) is 14.4. The van der Waals surface area contributed by atoms with Gasteiger partial charge in [-0.2, -0.15) is 0 Å². The second kappa shape index (κ2) is 9.75. The third kappa shape index (κ3) is 4.99. The molecule has 0 spiro atoms. The van der Waals surface area contributed by atoms with Crippen molar-refractivity contribution in [3.63, 3.8) is 0 Å². The number of hydrogen-bond donors (Lipinski definition) is 2. The van der Waals surface area contributed by atoms with Crippen LogP contribution in [0.4, 0.5) is 0 Å². The molecule has 1 aliphatic heterocycles. The van der Waals surface area contributed by atoms with E-state index in [-0.39, 0.29) is 0 Å². The zero-order valence-corrected chi connectivity index (χ0v) is 17.1. The van der Waals surface area contributed by atoms with Gasteiger partial charge in [0, 0.05) is 6.07 Å². The molecule has 0 aromatic heterocycles. The third-order valence-electron chi connectivity index (χ3n) is 5.03. The fourth-order valence-electron chi connectivity index (χ4n) is 3.24. The molecule has 0 amide bonds. The lowest BCUT2D eigenvalue weighted by Gasteiger charge is -2.39. The van der Waals surface area contributed by atoms with Crippen molar-refractivity contribution in [2.75, 3.05) is 14.2 Å². The van der Waals surface area contributed by atoms with Crippen LogP contribution in [0.1, 0.15) is 18.1 Å². The minimum absolute atomic E-state index is 0.479. The first-order valence-corrected chi connectivity index (χ1v) is 9.60. The van der Waals surface area contributed by atoms with E-state index in [0.29, 0.717) is 23.5 Å². The summed E-state index contributed by atoms with van der Waals surface area (Å²) in [4.78, 5) is 11.2. The van der Waals surface area contributed by atoms with Crippen LogP contribution in [0, 0.1) is 5.92 Å². The Balaban J connectivity index is 1.68. The van der Waals surface area contributed by atoms with E-state index in [0.717, 1.165) is 11.1 Å². The highest BCUT2D eigenvalue weighted by Gasteiger charge is 2.43. The maximum Gasteiger partial charge on any atom is 0.227 e. The van der Waals surface area contributed by atoms with E-state index >= 15 is 0 Å². The molecule has 1 aliphatic rings. The van der Waals surface area contributed by atoms with Crippen molar-refractivity contribution in [3.05, 3.63) is 53.6 Å². The molecule has 0 radical (unpaired) electrons. The molecule has 30 heavy (non-hydrogen) atoms. The molecule has 0 bridgehead atoms. The fraction of sp³-hybridized carbons (Fsp3) is 0.348. The van der Waals surface area contributed by atoms with Crippen LogP contribution in [0.2, 0.25) is 0 Å². The molecular formula is C23H26O7. The smallest absolute Gasteiger partial charge is 0.227 e. The zero-order valence-electron chi connectivity index (χ0n) is 17.1. The average Bonchev–Trinajstić information content (AvgIpc) is 2.77. The minimum atomic E-state index is -1.25. The summed E-state index contributed by atoms with van der Waals surface area (Å²) >= 11 is 0. The second-order valence-corrected chi connectivity index (χ2v) is 7.07. The highest BCUT2D eigenvalue weighted by Crippen LogP contribution is 2.28. The van der Waals surface area contributed by atoms with Gasteiger partial charge < -0.3 is 34.0 Å². The molecule has 1 heterocycles. The Morgan fingerprint density at radius 3 is 2.03 bits per heavy atom. The molecule has 7 heteroatoms. The SMILES string of the molecule is COc1cc(/C=C/c2ccc(OC3O[C@H](C)[C@@H](O)[C@H](C=O)[C@H]3O)cc2)cc(OC)c1. The third-order valence-corrected chi connectivity index (χ3v) is 5.03. The molecule has 3 rings (SSSR count). The van der Waals surface area contributed by atoms with E-state index in [1.165, 1.54) is 0 Å². The lowest BCUT2D eigenvalue weighted by Crippen LogP contribution is -2.55. The van der Waals surface area contributed by atoms with Crippen molar-refractivity contribution in [3.8, 4) is 17.2 Å². The summed E-state index contributed by atoms with van der Waals surface area (Å²) in [5.41, 5.74) is 1.86. The van der Waals surface area contributed by atoms with Crippen LogP contribution in [0.5, 0.6) is 17.2 Å². The summed E-state index contributed by atoms with van der Waals surface area (Å²) in [7, 11) is 3.21. The van der Waals surface area contributed by atoms with Crippen LogP contribution < -0.4 is 14.2 Å². The number of aliphatic hydroxyl groups excluding tert-OH is 2. The molecule has 1 saturated heterocycles. The number of hydrogen-bond acceptors (Lipinski definition) is 7. The average molecular weight is 414 g/mol. The number of aldehydes is 1. The number of aliphatic hydroxyl groups is 2. The maximum absolute atomic E-state index is 11.2. The van der Waals surface area contributed by atoms with Crippen LogP contribution in [0.3, 0.4) is 0 Å². The molecule has 2 aromatic carbocycles. The van der Waals surface area contributed by atoms with Gasteiger partial charge in [0.2, 0.25) is 6.29 Å². The Morgan fingerprint density at radius 1 is 0.867 bits per heavy atom.